The molecule has 0 aliphatic carbocycles. The third-order valence-corrected chi connectivity index (χ3v) is 2.77. The van der Waals surface area contributed by atoms with Gasteiger partial charge in [0, 0.05) is 5.54 Å². The van der Waals surface area contributed by atoms with E-state index in [1.54, 1.807) is 12.1 Å². The van der Waals surface area contributed by atoms with Crippen molar-refractivity contribution in [1.29, 1.82) is 0 Å². The van der Waals surface area contributed by atoms with E-state index in [0.29, 0.717) is 0 Å². The van der Waals surface area contributed by atoms with Gasteiger partial charge in [-0.05, 0) is 45.6 Å². The quantitative estimate of drug-likeness (QED) is 0.886. The molecule has 0 aromatic heterocycles. The van der Waals surface area contributed by atoms with E-state index in [4.69, 9.17) is 17.3 Å². The van der Waals surface area contributed by atoms with Crippen LogP contribution in [-0.4, -0.2) is 24.5 Å². The van der Waals surface area contributed by atoms with Crippen LogP contribution >= 0.6 is 11.6 Å². The minimum absolute atomic E-state index is 0.00870. The van der Waals surface area contributed by atoms with E-state index >= 15 is 0 Å². The normalized spacial score (nSPS) is 14.2. The number of nitrogens with zero attached hydrogens (tertiary/aromatic N) is 1. The molecule has 4 heteroatoms. The van der Waals surface area contributed by atoms with Gasteiger partial charge in [0.2, 0.25) is 0 Å². The summed E-state index contributed by atoms with van der Waals surface area (Å²) in [7, 11) is 3.88. The van der Waals surface area contributed by atoms with Gasteiger partial charge < -0.3 is 10.6 Å². The molecular formula is C12H18ClFN2. The maximum Gasteiger partial charge on any atom is 0.141 e. The summed E-state index contributed by atoms with van der Waals surface area (Å²) in [5.74, 6) is -0.405. The Balaban J connectivity index is 3.17. The first-order valence-corrected chi connectivity index (χ1v) is 5.51. The zero-order valence-corrected chi connectivity index (χ0v) is 10.8. The molecule has 0 radical (unpaired) electrons. The Morgan fingerprint density at radius 2 is 1.94 bits per heavy atom. The fourth-order valence-electron chi connectivity index (χ4n) is 2.08. The average molecular weight is 245 g/mol. The van der Waals surface area contributed by atoms with Crippen LogP contribution in [0.15, 0.2) is 18.2 Å². The van der Waals surface area contributed by atoms with Crippen LogP contribution in [0, 0.1) is 5.82 Å². The third kappa shape index (κ3) is 2.94. The van der Waals surface area contributed by atoms with Crippen molar-refractivity contribution in [2.75, 3.05) is 14.1 Å². The van der Waals surface area contributed by atoms with Gasteiger partial charge in [0.15, 0.2) is 0 Å². The summed E-state index contributed by atoms with van der Waals surface area (Å²) in [5, 5.41) is 0.133. The molecule has 2 nitrogen and oxygen atoms in total. The van der Waals surface area contributed by atoms with E-state index in [2.05, 4.69) is 0 Å². The Bertz CT molecular complexity index is 372. The van der Waals surface area contributed by atoms with Crippen LogP contribution < -0.4 is 5.73 Å². The molecule has 2 N–H and O–H groups in total. The summed E-state index contributed by atoms with van der Waals surface area (Å²) in [4.78, 5) is 2.00. The van der Waals surface area contributed by atoms with E-state index in [0.717, 1.165) is 5.56 Å². The SMILES string of the molecule is CN(C)C(c1ccc(F)c(Cl)c1)C(C)(C)N. The third-order valence-electron chi connectivity index (χ3n) is 2.48. The molecule has 1 aromatic rings. The zero-order valence-electron chi connectivity index (χ0n) is 10.1. The van der Waals surface area contributed by atoms with Gasteiger partial charge in [0.1, 0.15) is 5.82 Å². The van der Waals surface area contributed by atoms with E-state index < -0.39 is 11.4 Å². The summed E-state index contributed by atoms with van der Waals surface area (Å²) in [5.41, 5.74) is 6.62. The lowest BCUT2D eigenvalue weighted by molar-refractivity contribution is 0.204. The predicted octanol–water partition coefficient (Wildman–Crippen LogP) is 2.82. The Morgan fingerprint density at radius 3 is 2.31 bits per heavy atom. The zero-order chi connectivity index (χ0) is 12.5. The second-order valence-corrected chi connectivity index (χ2v) is 5.27. The molecule has 0 spiro atoms. The standard InChI is InChI=1S/C12H18ClFN2/c1-12(2,15)11(16(3)4)8-5-6-10(14)9(13)7-8/h5-7,11H,15H2,1-4H3. The lowest BCUT2D eigenvalue weighted by Gasteiger charge is -2.36. The number of hydrogen-bond donors (Lipinski definition) is 1. The van der Waals surface area contributed by atoms with Crippen molar-refractivity contribution in [3.8, 4) is 0 Å². The highest BCUT2D eigenvalue weighted by molar-refractivity contribution is 6.30. The van der Waals surface area contributed by atoms with Gasteiger partial charge in [-0.2, -0.15) is 0 Å². The van der Waals surface area contributed by atoms with Crippen molar-refractivity contribution in [3.63, 3.8) is 0 Å². The van der Waals surface area contributed by atoms with Gasteiger partial charge in [-0.3, -0.25) is 0 Å². The largest absolute Gasteiger partial charge is 0.324 e. The smallest absolute Gasteiger partial charge is 0.141 e. The molecule has 0 bridgehead atoms. The van der Waals surface area contributed by atoms with Gasteiger partial charge in [-0.25, -0.2) is 4.39 Å². The van der Waals surface area contributed by atoms with Crippen LogP contribution in [-0.2, 0) is 0 Å². The molecule has 90 valence electrons. The molecule has 1 unspecified atom stereocenters. The number of benzene rings is 1. The Morgan fingerprint density at radius 1 is 1.38 bits per heavy atom. The number of hydrogen-bond acceptors (Lipinski definition) is 2. The summed E-state index contributed by atoms with van der Waals surface area (Å²) in [6.45, 7) is 3.88. The van der Waals surface area contributed by atoms with Crippen LogP contribution in [0.5, 0.6) is 0 Å². The fraction of sp³-hybridized carbons (Fsp3) is 0.500. The van der Waals surface area contributed by atoms with Crippen molar-refractivity contribution in [2.24, 2.45) is 5.73 Å². The molecule has 0 heterocycles. The Hall–Kier alpha value is -0.640. The fourth-order valence-corrected chi connectivity index (χ4v) is 2.26. The second kappa shape index (κ2) is 4.70. The highest BCUT2D eigenvalue weighted by Crippen LogP contribution is 2.30. The van der Waals surface area contributed by atoms with Crippen LogP contribution in [0.1, 0.15) is 25.5 Å². The molecule has 1 atom stereocenters. The molecule has 0 aliphatic rings. The molecular weight excluding hydrogens is 227 g/mol. The van der Waals surface area contributed by atoms with Crippen LogP contribution in [0.4, 0.5) is 4.39 Å². The van der Waals surface area contributed by atoms with Crippen molar-refractivity contribution >= 4 is 11.6 Å². The first kappa shape index (κ1) is 13.4. The molecule has 0 fully saturated rings. The summed E-state index contributed by atoms with van der Waals surface area (Å²) in [6, 6.07) is 4.72. The molecule has 1 aromatic carbocycles. The van der Waals surface area contributed by atoms with E-state index in [1.165, 1.54) is 6.07 Å². The molecule has 16 heavy (non-hydrogen) atoms. The lowest BCUT2D eigenvalue weighted by Crippen LogP contribution is -2.45. The summed E-state index contributed by atoms with van der Waals surface area (Å²) >= 11 is 5.78. The minimum atomic E-state index is -0.426. The van der Waals surface area contributed by atoms with Crippen LogP contribution in [0.25, 0.3) is 0 Å². The van der Waals surface area contributed by atoms with Crippen molar-refractivity contribution in [2.45, 2.75) is 25.4 Å². The molecule has 1 rings (SSSR count). The van der Waals surface area contributed by atoms with Crippen molar-refractivity contribution in [3.05, 3.63) is 34.6 Å². The predicted molar refractivity (Wildman–Crippen MR) is 66.1 cm³/mol. The number of likely N-dealkylation sites (N-methyl/N-ethyl adjacent to an activating group) is 1. The molecule has 0 amide bonds. The summed E-state index contributed by atoms with van der Waals surface area (Å²) < 4.78 is 13.1. The second-order valence-electron chi connectivity index (χ2n) is 4.86. The minimum Gasteiger partial charge on any atom is -0.324 e. The number of nitrogens with two attached hydrogens (primary N) is 1. The van der Waals surface area contributed by atoms with Crippen molar-refractivity contribution < 1.29 is 4.39 Å². The Labute approximate surface area is 101 Å². The maximum absolute atomic E-state index is 13.1. The van der Waals surface area contributed by atoms with Gasteiger partial charge >= 0.3 is 0 Å². The number of rotatable bonds is 3. The Kier molecular flexibility index (Phi) is 3.94. The van der Waals surface area contributed by atoms with Crippen molar-refractivity contribution in [1.82, 2.24) is 4.90 Å². The van der Waals surface area contributed by atoms with Crippen LogP contribution in [0.2, 0.25) is 5.02 Å². The number of halogens is 2. The monoisotopic (exact) mass is 244 g/mol. The lowest BCUT2D eigenvalue weighted by atomic mass is 9.89. The molecule has 0 aliphatic heterocycles. The first-order chi connectivity index (χ1) is 7.23. The van der Waals surface area contributed by atoms with E-state index in [-0.39, 0.29) is 11.1 Å². The van der Waals surface area contributed by atoms with Crippen LogP contribution in [0.3, 0.4) is 0 Å². The highest BCUT2D eigenvalue weighted by atomic mass is 35.5. The van der Waals surface area contributed by atoms with Gasteiger partial charge in [-0.1, -0.05) is 17.7 Å². The van der Waals surface area contributed by atoms with E-state index in [9.17, 15) is 4.39 Å². The highest BCUT2D eigenvalue weighted by Gasteiger charge is 2.29. The molecule has 0 saturated carbocycles. The van der Waals surface area contributed by atoms with E-state index in [1.807, 2.05) is 32.8 Å². The first-order valence-electron chi connectivity index (χ1n) is 5.13. The van der Waals surface area contributed by atoms with Gasteiger partial charge in [-0.15, -0.1) is 0 Å². The maximum atomic E-state index is 13.1. The summed E-state index contributed by atoms with van der Waals surface area (Å²) in [6.07, 6.45) is 0. The average Bonchev–Trinajstić information content (AvgIpc) is 2.08. The van der Waals surface area contributed by atoms with Gasteiger partial charge in [0.25, 0.3) is 0 Å². The van der Waals surface area contributed by atoms with Gasteiger partial charge in [0.05, 0.1) is 11.1 Å². The topological polar surface area (TPSA) is 29.3 Å². The molecule has 0 saturated heterocycles.